The van der Waals surface area contributed by atoms with Crippen molar-refractivity contribution in [2.24, 2.45) is 17.3 Å². The van der Waals surface area contributed by atoms with E-state index in [0.717, 1.165) is 32.8 Å². The van der Waals surface area contributed by atoms with E-state index in [4.69, 9.17) is 9.47 Å². The van der Waals surface area contributed by atoms with Crippen LogP contribution in [0.4, 0.5) is 0 Å². The Morgan fingerprint density at radius 1 is 1.00 bits per heavy atom. The summed E-state index contributed by atoms with van der Waals surface area (Å²) in [5, 5.41) is 0. The van der Waals surface area contributed by atoms with Gasteiger partial charge in [-0.2, -0.15) is 0 Å². The second-order valence-electron chi connectivity index (χ2n) is 6.12. The van der Waals surface area contributed by atoms with E-state index in [0.29, 0.717) is 11.8 Å². The molecule has 0 radical (unpaired) electrons. The largest absolute Gasteiger partial charge is 0.381 e. The number of ether oxygens (including phenoxy) is 2. The zero-order valence-electron chi connectivity index (χ0n) is 12.3. The maximum atomic E-state index is 5.74. The van der Waals surface area contributed by atoms with Gasteiger partial charge in [0, 0.05) is 18.6 Å². The second-order valence-corrected chi connectivity index (χ2v) is 6.12. The molecule has 0 unspecified atom stereocenters. The maximum absolute atomic E-state index is 5.74. The van der Waals surface area contributed by atoms with Crippen LogP contribution in [0.25, 0.3) is 0 Å². The van der Waals surface area contributed by atoms with Crippen molar-refractivity contribution in [2.75, 3.05) is 26.4 Å². The van der Waals surface area contributed by atoms with Crippen molar-refractivity contribution in [3.8, 4) is 0 Å². The van der Waals surface area contributed by atoms with E-state index in [1.165, 1.54) is 0 Å². The Kier molecular flexibility index (Phi) is 8.53. The molecule has 0 aliphatic carbocycles. The molecular formula is C15H30O2. The van der Waals surface area contributed by atoms with Crippen LogP contribution in [0.3, 0.4) is 0 Å². The van der Waals surface area contributed by atoms with Crippen molar-refractivity contribution < 1.29 is 9.47 Å². The molecule has 0 heterocycles. The highest BCUT2D eigenvalue weighted by Gasteiger charge is 2.24. The van der Waals surface area contributed by atoms with Crippen LogP contribution in [0.1, 0.15) is 41.0 Å². The summed E-state index contributed by atoms with van der Waals surface area (Å²) in [5.41, 5.74) is 0.0610. The molecule has 102 valence electrons. The molecule has 17 heavy (non-hydrogen) atoms. The third-order valence-electron chi connectivity index (χ3n) is 2.44. The first-order chi connectivity index (χ1) is 7.89. The summed E-state index contributed by atoms with van der Waals surface area (Å²) < 4.78 is 11.5. The molecule has 0 saturated heterocycles. The lowest BCUT2D eigenvalue weighted by atomic mass is 9.89. The highest BCUT2D eigenvalue weighted by molar-refractivity contribution is 4.83. The van der Waals surface area contributed by atoms with Crippen molar-refractivity contribution in [1.82, 2.24) is 0 Å². The lowest BCUT2D eigenvalue weighted by Crippen LogP contribution is -2.30. The van der Waals surface area contributed by atoms with Crippen molar-refractivity contribution in [3.63, 3.8) is 0 Å². The molecule has 0 saturated carbocycles. The first-order valence-corrected chi connectivity index (χ1v) is 6.66. The van der Waals surface area contributed by atoms with Gasteiger partial charge >= 0.3 is 0 Å². The Labute approximate surface area is 107 Å². The molecule has 2 nitrogen and oxygen atoms in total. The minimum absolute atomic E-state index is 0.0610. The number of allylic oxidation sites excluding steroid dienone is 1. The standard InChI is InChI=1S/C15H30O2/c1-7-8-15(6,11-16-9-13(2)3)12-17-10-14(4)5/h7,13-14H,1,8-12H2,2-6H3. The third-order valence-corrected chi connectivity index (χ3v) is 2.44. The van der Waals surface area contributed by atoms with E-state index in [-0.39, 0.29) is 5.41 Å². The average molecular weight is 242 g/mol. The van der Waals surface area contributed by atoms with Gasteiger partial charge in [-0.25, -0.2) is 0 Å². The van der Waals surface area contributed by atoms with Crippen LogP contribution < -0.4 is 0 Å². The summed E-state index contributed by atoms with van der Waals surface area (Å²) in [7, 11) is 0. The fraction of sp³-hybridized carbons (Fsp3) is 0.867. The van der Waals surface area contributed by atoms with E-state index in [9.17, 15) is 0 Å². The summed E-state index contributed by atoms with van der Waals surface area (Å²) in [6.07, 6.45) is 2.89. The Morgan fingerprint density at radius 2 is 1.41 bits per heavy atom. The molecule has 2 heteroatoms. The normalized spacial score (nSPS) is 12.4. The summed E-state index contributed by atoms with van der Waals surface area (Å²) in [6.45, 7) is 17.8. The summed E-state index contributed by atoms with van der Waals surface area (Å²) >= 11 is 0. The molecule has 0 rings (SSSR count). The van der Waals surface area contributed by atoms with Gasteiger partial charge in [0.15, 0.2) is 0 Å². The number of hydrogen-bond donors (Lipinski definition) is 0. The fourth-order valence-corrected chi connectivity index (χ4v) is 1.59. The Balaban J connectivity index is 4.01. The molecule has 0 amide bonds. The minimum Gasteiger partial charge on any atom is -0.381 e. The fourth-order valence-electron chi connectivity index (χ4n) is 1.59. The van der Waals surface area contributed by atoms with E-state index in [1.807, 2.05) is 6.08 Å². The summed E-state index contributed by atoms with van der Waals surface area (Å²) in [5.74, 6) is 1.17. The van der Waals surface area contributed by atoms with Crippen LogP contribution >= 0.6 is 0 Å². The van der Waals surface area contributed by atoms with Gasteiger partial charge in [0.25, 0.3) is 0 Å². The molecule has 0 aromatic carbocycles. The van der Waals surface area contributed by atoms with Crippen molar-refractivity contribution in [3.05, 3.63) is 12.7 Å². The van der Waals surface area contributed by atoms with Gasteiger partial charge in [0.1, 0.15) is 0 Å². The Bertz CT molecular complexity index is 183. The molecule has 0 bridgehead atoms. The van der Waals surface area contributed by atoms with Gasteiger partial charge in [0.2, 0.25) is 0 Å². The zero-order valence-corrected chi connectivity index (χ0v) is 12.3. The molecule has 0 aromatic rings. The zero-order chi connectivity index (χ0) is 13.3. The minimum atomic E-state index is 0.0610. The maximum Gasteiger partial charge on any atom is 0.0544 e. The van der Waals surface area contributed by atoms with E-state index in [2.05, 4.69) is 41.2 Å². The van der Waals surface area contributed by atoms with Gasteiger partial charge in [0.05, 0.1) is 13.2 Å². The van der Waals surface area contributed by atoms with E-state index < -0.39 is 0 Å². The predicted molar refractivity (Wildman–Crippen MR) is 74.2 cm³/mol. The van der Waals surface area contributed by atoms with Crippen LogP contribution in [-0.4, -0.2) is 26.4 Å². The number of rotatable bonds is 10. The summed E-state index contributed by atoms with van der Waals surface area (Å²) in [6, 6.07) is 0. The Morgan fingerprint density at radius 3 is 1.71 bits per heavy atom. The highest BCUT2D eigenvalue weighted by atomic mass is 16.5. The van der Waals surface area contributed by atoms with Crippen molar-refractivity contribution >= 4 is 0 Å². The summed E-state index contributed by atoms with van der Waals surface area (Å²) in [4.78, 5) is 0. The van der Waals surface area contributed by atoms with Gasteiger partial charge in [-0.05, 0) is 18.3 Å². The van der Waals surface area contributed by atoms with Gasteiger partial charge < -0.3 is 9.47 Å². The van der Waals surface area contributed by atoms with Crippen molar-refractivity contribution in [1.29, 1.82) is 0 Å². The van der Waals surface area contributed by atoms with E-state index in [1.54, 1.807) is 0 Å². The average Bonchev–Trinajstić information content (AvgIpc) is 2.16. The smallest absolute Gasteiger partial charge is 0.0544 e. The molecule has 0 atom stereocenters. The quantitative estimate of drug-likeness (QED) is 0.541. The molecule has 0 aliphatic heterocycles. The highest BCUT2D eigenvalue weighted by Crippen LogP contribution is 2.23. The number of hydrogen-bond acceptors (Lipinski definition) is 2. The van der Waals surface area contributed by atoms with Gasteiger partial charge in [-0.3, -0.25) is 0 Å². The van der Waals surface area contributed by atoms with E-state index >= 15 is 0 Å². The topological polar surface area (TPSA) is 18.5 Å². The van der Waals surface area contributed by atoms with Crippen LogP contribution in [0, 0.1) is 17.3 Å². The molecular weight excluding hydrogens is 212 g/mol. The molecule has 0 fully saturated rings. The Hall–Kier alpha value is -0.340. The predicted octanol–water partition coefficient (Wildman–Crippen LogP) is 3.91. The molecule has 0 aromatic heterocycles. The molecule has 0 aliphatic rings. The second kappa shape index (κ2) is 8.71. The monoisotopic (exact) mass is 242 g/mol. The van der Waals surface area contributed by atoms with Crippen LogP contribution in [-0.2, 0) is 9.47 Å². The van der Waals surface area contributed by atoms with Crippen LogP contribution in [0.15, 0.2) is 12.7 Å². The van der Waals surface area contributed by atoms with Gasteiger partial charge in [-0.15, -0.1) is 6.58 Å². The third kappa shape index (κ3) is 9.37. The first kappa shape index (κ1) is 16.7. The molecule has 0 N–H and O–H groups in total. The van der Waals surface area contributed by atoms with Crippen LogP contribution in [0.5, 0.6) is 0 Å². The van der Waals surface area contributed by atoms with Crippen LogP contribution in [0.2, 0.25) is 0 Å². The lowest BCUT2D eigenvalue weighted by Gasteiger charge is -2.28. The first-order valence-electron chi connectivity index (χ1n) is 6.66. The SMILES string of the molecule is C=CCC(C)(COCC(C)C)COCC(C)C. The van der Waals surface area contributed by atoms with Crippen molar-refractivity contribution in [2.45, 2.75) is 41.0 Å². The van der Waals surface area contributed by atoms with Gasteiger partial charge in [-0.1, -0.05) is 40.7 Å². The lowest BCUT2D eigenvalue weighted by molar-refractivity contribution is -0.0235. The molecule has 0 spiro atoms.